The largest absolute Gasteiger partial charge is 0.309 e. The molecule has 2 aromatic rings. The lowest BCUT2D eigenvalue weighted by Gasteiger charge is -2.17. The third-order valence-corrected chi connectivity index (χ3v) is 3.83. The zero-order chi connectivity index (χ0) is 13.1. The number of aryl methyl sites for hydroxylation is 1. The fourth-order valence-electron chi connectivity index (χ4n) is 1.94. The first kappa shape index (κ1) is 13.6. The number of benzene rings is 1. The van der Waals surface area contributed by atoms with Gasteiger partial charge < -0.3 is 5.32 Å². The van der Waals surface area contributed by atoms with Gasteiger partial charge in [-0.25, -0.2) is 0 Å². The average Bonchev–Trinajstić information content (AvgIpc) is 2.83. The molecule has 1 unspecified atom stereocenters. The number of hydrogen-bond acceptors (Lipinski definition) is 2. The summed E-state index contributed by atoms with van der Waals surface area (Å²) in [5, 5.41) is 8.34. The first-order valence-corrected chi connectivity index (χ1v) is 6.97. The van der Waals surface area contributed by atoms with E-state index in [9.17, 15) is 0 Å². The fraction of sp³-hybridized carbons (Fsp3) is 0.308. The summed E-state index contributed by atoms with van der Waals surface area (Å²) in [6.07, 6.45) is 3.94. The van der Waals surface area contributed by atoms with Crippen LogP contribution in [-0.4, -0.2) is 16.8 Å². The van der Waals surface area contributed by atoms with Gasteiger partial charge in [0.2, 0.25) is 0 Å². The van der Waals surface area contributed by atoms with Crippen LogP contribution in [0, 0.1) is 0 Å². The fourth-order valence-corrected chi connectivity index (χ4v) is 2.60. The molecule has 5 heteroatoms. The van der Waals surface area contributed by atoms with E-state index in [0.717, 1.165) is 27.2 Å². The number of nitrogens with zero attached hydrogens (tertiary/aromatic N) is 2. The van der Waals surface area contributed by atoms with Gasteiger partial charge >= 0.3 is 0 Å². The lowest BCUT2D eigenvalue weighted by molar-refractivity contribution is 0.653. The molecule has 0 aliphatic heterocycles. The Morgan fingerprint density at radius 3 is 2.89 bits per heavy atom. The Morgan fingerprint density at radius 1 is 1.50 bits per heavy atom. The second-order valence-corrected chi connectivity index (χ2v) is 5.31. The minimum absolute atomic E-state index is 0.0818. The van der Waals surface area contributed by atoms with Crippen molar-refractivity contribution >= 4 is 27.5 Å². The van der Waals surface area contributed by atoms with Gasteiger partial charge in [0.1, 0.15) is 0 Å². The smallest absolute Gasteiger partial charge is 0.0617 e. The molecule has 96 valence electrons. The standard InChI is InChI=1S/C13H15BrClN3/c1-3-18-8-9(7-17-18)13(16-2)11-6-10(15)4-5-12(11)14/h4-8,13,16H,3H2,1-2H3. The first-order chi connectivity index (χ1) is 8.65. The summed E-state index contributed by atoms with van der Waals surface area (Å²) in [6, 6.07) is 5.89. The summed E-state index contributed by atoms with van der Waals surface area (Å²) in [4.78, 5) is 0. The summed E-state index contributed by atoms with van der Waals surface area (Å²) in [7, 11) is 1.93. The van der Waals surface area contributed by atoms with Crippen LogP contribution in [0.1, 0.15) is 24.1 Å². The van der Waals surface area contributed by atoms with Crippen LogP contribution in [0.5, 0.6) is 0 Å². The molecular formula is C13H15BrClN3. The molecule has 2 rings (SSSR count). The van der Waals surface area contributed by atoms with Gasteiger partial charge in [0.25, 0.3) is 0 Å². The monoisotopic (exact) mass is 327 g/mol. The second-order valence-electron chi connectivity index (χ2n) is 4.02. The van der Waals surface area contributed by atoms with Crippen LogP contribution in [0.3, 0.4) is 0 Å². The van der Waals surface area contributed by atoms with Crippen molar-refractivity contribution < 1.29 is 0 Å². The van der Waals surface area contributed by atoms with Crippen LogP contribution in [0.15, 0.2) is 35.1 Å². The summed E-state index contributed by atoms with van der Waals surface area (Å²) >= 11 is 9.64. The molecule has 1 N–H and O–H groups in total. The Morgan fingerprint density at radius 2 is 2.28 bits per heavy atom. The Balaban J connectivity index is 2.41. The molecule has 0 aliphatic carbocycles. The van der Waals surface area contributed by atoms with Crippen molar-refractivity contribution in [1.82, 2.24) is 15.1 Å². The average molecular weight is 329 g/mol. The van der Waals surface area contributed by atoms with Crippen LogP contribution in [0.2, 0.25) is 5.02 Å². The topological polar surface area (TPSA) is 29.9 Å². The molecule has 1 aromatic heterocycles. The van der Waals surface area contributed by atoms with Crippen LogP contribution in [-0.2, 0) is 6.54 Å². The van der Waals surface area contributed by atoms with Gasteiger partial charge in [0.15, 0.2) is 0 Å². The van der Waals surface area contributed by atoms with Crippen LogP contribution in [0.25, 0.3) is 0 Å². The van der Waals surface area contributed by atoms with Crippen LogP contribution in [0.4, 0.5) is 0 Å². The van der Waals surface area contributed by atoms with Crippen LogP contribution < -0.4 is 5.32 Å². The van der Waals surface area contributed by atoms with E-state index in [1.54, 1.807) is 0 Å². The van der Waals surface area contributed by atoms with E-state index in [0.29, 0.717) is 0 Å². The Hall–Kier alpha value is -0.840. The maximum atomic E-state index is 6.07. The van der Waals surface area contributed by atoms with Crippen molar-refractivity contribution in [3.8, 4) is 0 Å². The predicted molar refractivity (Wildman–Crippen MR) is 78.0 cm³/mol. The van der Waals surface area contributed by atoms with E-state index >= 15 is 0 Å². The van der Waals surface area contributed by atoms with E-state index in [2.05, 4.69) is 39.5 Å². The third-order valence-electron chi connectivity index (χ3n) is 2.87. The molecule has 0 spiro atoms. The van der Waals surface area contributed by atoms with Crippen molar-refractivity contribution in [2.24, 2.45) is 0 Å². The van der Waals surface area contributed by atoms with Crippen molar-refractivity contribution in [2.45, 2.75) is 19.5 Å². The number of halogens is 2. The predicted octanol–water partition coefficient (Wildman–Crippen LogP) is 3.63. The van der Waals surface area contributed by atoms with Gasteiger partial charge in [-0.15, -0.1) is 0 Å². The van der Waals surface area contributed by atoms with Crippen LogP contribution >= 0.6 is 27.5 Å². The van der Waals surface area contributed by atoms with Gasteiger partial charge in [-0.05, 0) is 37.7 Å². The number of aromatic nitrogens is 2. The molecule has 1 heterocycles. The molecule has 0 fully saturated rings. The van der Waals surface area contributed by atoms with Gasteiger partial charge in [0.05, 0.1) is 12.2 Å². The molecule has 18 heavy (non-hydrogen) atoms. The van der Waals surface area contributed by atoms with Crippen molar-refractivity contribution in [2.75, 3.05) is 7.05 Å². The molecule has 0 bridgehead atoms. The second kappa shape index (κ2) is 5.87. The van der Waals surface area contributed by atoms with Crippen molar-refractivity contribution in [1.29, 1.82) is 0 Å². The normalized spacial score (nSPS) is 12.7. The third kappa shape index (κ3) is 2.76. The van der Waals surface area contributed by atoms with E-state index in [1.165, 1.54) is 0 Å². The highest BCUT2D eigenvalue weighted by molar-refractivity contribution is 9.10. The number of nitrogens with one attached hydrogen (secondary N) is 1. The summed E-state index contributed by atoms with van der Waals surface area (Å²) in [5.74, 6) is 0. The molecule has 1 atom stereocenters. The lowest BCUT2D eigenvalue weighted by Crippen LogP contribution is -2.17. The SMILES string of the molecule is CCn1cc(C(NC)c2cc(Cl)ccc2Br)cn1. The summed E-state index contributed by atoms with van der Waals surface area (Å²) in [6.45, 7) is 2.94. The highest BCUT2D eigenvalue weighted by Gasteiger charge is 2.17. The van der Waals surface area contributed by atoms with E-state index in [1.807, 2.05) is 36.1 Å². The molecule has 1 aromatic carbocycles. The molecule has 0 radical (unpaired) electrons. The zero-order valence-electron chi connectivity index (χ0n) is 10.3. The quantitative estimate of drug-likeness (QED) is 0.929. The Kier molecular flexibility index (Phi) is 4.43. The van der Waals surface area contributed by atoms with Gasteiger partial charge in [-0.3, -0.25) is 4.68 Å². The molecule has 0 saturated carbocycles. The molecular weight excluding hydrogens is 314 g/mol. The van der Waals surface area contributed by atoms with Crippen molar-refractivity contribution in [3.05, 3.63) is 51.2 Å². The van der Waals surface area contributed by atoms with E-state index in [4.69, 9.17) is 11.6 Å². The Bertz CT molecular complexity index is 539. The van der Waals surface area contributed by atoms with Gasteiger partial charge in [-0.1, -0.05) is 27.5 Å². The summed E-state index contributed by atoms with van der Waals surface area (Å²) in [5.41, 5.74) is 2.24. The molecule has 3 nitrogen and oxygen atoms in total. The minimum Gasteiger partial charge on any atom is -0.309 e. The highest BCUT2D eigenvalue weighted by Crippen LogP contribution is 2.30. The number of hydrogen-bond donors (Lipinski definition) is 1. The first-order valence-electron chi connectivity index (χ1n) is 5.80. The Labute approximate surface area is 120 Å². The molecule has 0 amide bonds. The maximum Gasteiger partial charge on any atom is 0.0617 e. The van der Waals surface area contributed by atoms with E-state index in [-0.39, 0.29) is 6.04 Å². The van der Waals surface area contributed by atoms with Crippen molar-refractivity contribution in [3.63, 3.8) is 0 Å². The molecule has 0 aliphatic rings. The molecule has 0 saturated heterocycles. The maximum absolute atomic E-state index is 6.07. The van der Waals surface area contributed by atoms with E-state index < -0.39 is 0 Å². The summed E-state index contributed by atoms with van der Waals surface area (Å²) < 4.78 is 2.95. The highest BCUT2D eigenvalue weighted by atomic mass is 79.9. The van der Waals surface area contributed by atoms with Gasteiger partial charge in [0, 0.05) is 27.8 Å². The zero-order valence-corrected chi connectivity index (χ0v) is 12.7. The lowest BCUT2D eigenvalue weighted by atomic mass is 10.0. The van der Waals surface area contributed by atoms with Gasteiger partial charge in [-0.2, -0.15) is 5.10 Å². The number of rotatable bonds is 4. The minimum atomic E-state index is 0.0818.